The molecule has 1 heterocycles. The highest BCUT2D eigenvalue weighted by Crippen LogP contribution is 2.46. The maximum atomic E-state index is 6.12. The molecule has 0 aromatic carbocycles. The largest absolute Gasteiger partial charge is 0.339 e. The lowest BCUT2D eigenvalue weighted by atomic mass is 9.85. The van der Waals surface area contributed by atoms with Gasteiger partial charge < -0.3 is 10.3 Å². The Balaban J connectivity index is 1.80. The van der Waals surface area contributed by atoms with Gasteiger partial charge in [-0.2, -0.15) is 4.98 Å². The molecule has 0 spiro atoms. The van der Waals surface area contributed by atoms with E-state index in [0.29, 0.717) is 0 Å². The molecular weight excluding hydrogens is 202 g/mol. The summed E-state index contributed by atoms with van der Waals surface area (Å²) in [5.74, 6) is 1.95. The molecule has 2 aliphatic rings. The fourth-order valence-electron chi connectivity index (χ4n) is 2.51. The molecule has 0 bridgehead atoms. The first-order chi connectivity index (χ1) is 7.69. The first-order valence-electron chi connectivity index (χ1n) is 6.29. The monoisotopic (exact) mass is 221 g/mol. The van der Waals surface area contributed by atoms with Crippen molar-refractivity contribution < 1.29 is 4.52 Å². The van der Waals surface area contributed by atoms with Crippen LogP contribution in [0.5, 0.6) is 0 Å². The van der Waals surface area contributed by atoms with E-state index >= 15 is 0 Å². The molecule has 0 amide bonds. The van der Waals surface area contributed by atoms with E-state index in [4.69, 9.17) is 10.3 Å². The van der Waals surface area contributed by atoms with Gasteiger partial charge in [-0.1, -0.05) is 24.9 Å². The Labute approximate surface area is 95.6 Å². The van der Waals surface area contributed by atoms with Crippen LogP contribution in [0.4, 0.5) is 0 Å². The first-order valence-corrected chi connectivity index (χ1v) is 6.29. The second-order valence-electron chi connectivity index (χ2n) is 5.57. The summed E-state index contributed by atoms with van der Waals surface area (Å²) in [4.78, 5) is 4.56. The van der Waals surface area contributed by atoms with Crippen LogP contribution in [0.2, 0.25) is 0 Å². The van der Waals surface area contributed by atoms with Gasteiger partial charge in [-0.3, -0.25) is 0 Å². The first kappa shape index (κ1) is 10.3. The molecule has 1 aromatic rings. The number of hydrogen-bond acceptors (Lipinski definition) is 4. The third-order valence-electron chi connectivity index (χ3n) is 4.12. The van der Waals surface area contributed by atoms with Crippen molar-refractivity contribution in [2.24, 2.45) is 5.73 Å². The highest BCUT2D eigenvalue weighted by atomic mass is 16.5. The number of hydrogen-bond donors (Lipinski definition) is 1. The van der Waals surface area contributed by atoms with Crippen LogP contribution < -0.4 is 5.73 Å². The summed E-state index contributed by atoms with van der Waals surface area (Å²) < 4.78 is 5.40. The van der Waals surface area contributed by atoms with Crippen LogP contribution in [0.3, 0.4) is 0 Å². The second-order valence-corrected chi connectivity index (χ2v) is 5.57. The summed E-state index contributed by atoms with van der Waals surface area (Å²) in [7, 11) is 0. The second kappa shape index (κ2) is 3.55. The topological polar surface area (TPSA) is 64.9 Å². The van der Waals surface area contributed by atoms with Crippen LogP contribution in [-0.4, -0.2) is 16.2 Å². The van der Waals surface area contributed by atoms with Crippen molar-refractivity contribution in [3.8, 4) is 0 Å². The highest BCUT2D eigenvalue weighted by molar-refractivity contribution is 5.15. The van der Waals surface area contributed by atoms with Crippen LogP contribution in [0, 0.1) is 0 Å². The Morgan fingerprint density at radius 3 is 2.75 bits per heavy atom. The quantitative estimate of drug-likeness (QED) is 0.830. The van der Waals surface area contributed by atoms with E-state index in [-0.39, 0.29) is 17.4 Å². The standard InChI is InChI=1S/C12H19N3O/c1-12(6-7-12)11-14-10(16-15-11)8-4-2-3-5-9(8)13/h8-9H,2-7,13H2,1H3. The van der Waals surface area contributed by atoms with Crippen LogP contribution in [0.15, 0.2) is 4.52 Å². The van der Waals surface area contributed by atoms with Gasteiger partial charge in [0.2, 0.25) is 5.89 Å². The zero-order chi connectivity index (χ0) is 11.2. The van der Waals surface area contributed by atoms with Gasteiger partial charge in [-0.15, -0.1) is 0 Å². The van der Waals surface area contributed by atoms with E-state index in [2.05, 4.69) is 17.1 Å². The Bertz CT molecular complexity index is 383. The third-order valence-corrected chi connectivity index (χ3v) is 4.12. The van der Waals surface area contributed by atoms with Crippen molar-refractivity contribution in [3.05, 3.63) is 11.7 Å². The van der Waals surface area contributed by atoms with E-state index in [1.165, 1.54) is 25.7 Å². The van der Waals surface area contributed by atoms with Crippen molar-refractivity contribution >= 4 is 0 Å². The minimum absolute atomic E-state index is 0.195. The molecule has 0 saturated heterocycles. The Hall–Kier alpha value is -0.900. The molecule has 16 heavy (non-hydrogen) atoms. The maximum Gasteiger partial charge on any atom is 0.231 e. The molecule has 88 valence electrons. The number of aromatic nitrogens is 2. The summed E-state index contributed by atoms with van der Waals surface area (Å²) in [6, 6.07) is 0.203. The molecule has 2 atom stereocenters. The Kier molecular flexibility index (Phi) is 2.28. The SMILES string of the molecule is CC1(c2noc(C3CCCCC3N)n2)CC1. The molecule has 0 aliphatic heterocycles. The van der Waals surface area contributed by atoms with Gasteiger partial charge in [0.05, 0.1) is 5.92 Å². The van der Waals surface area contributed by atoms with Crippen molar-refractivity contribution in [1.29, 1.82) is 0 Å². The van der Waals surface area contributed by atoms with Gasteiger partial charge >= 0.3 is 0 Å². The third kappa shape index (κ3) is 1.65. The van der Waals surface area contributed by atoms with Gasteiger partial charge in [0, 0.05) is 11.5 Å². The Morgan fingerprint density at radius 2 is 2.06 bits per heavy atom. The summed E-state index contributed by atoms with van der Waals surface area (Å²) in [5.41, 5.74) is 6.31. The molecule has 1 aromatic heterocycles. The predicted molar refractivity (Wildman–Crippen MR) is 60.1 cm³/mol. The van der Waals surface area contributed by atoms with Crippen molar-refractivity contribution in [3.63, 3.8) is 0 Å². The van der Waals surface area contributed by atoms with E-state index in [1.54, 1.807) is 0 Å². The fourth-order valence-corrected chi connectivity index (χ4v) is 2.51. The molecule has 2 unspecified atom stereocenters. The van der Waals surface area contributed by atoms with Crippen molar-refractivity contribution in [1.82, 2.24) is 10.1 Å². The Morgan fingerprint density at radius 1 is 1.31 bits per heavy atom. The van der Waals surface area contributed by atoms with E-state index in [0.717, 1.165) is 24.6 Å². The lowest BCUT2D eigenvalue weighted by Crippen LogP contribution is -2.31. The average molecular weight is 221 g/mol. The summed E-state index contributed by atoms with van der Waals surface area (Å²) >= 11 is 0. The molecule has 4 nitrogen and oxygen atoms in total. The van der Waals surface area contributed by atoms with Gasteiger partial charge in [0.15, 0.2) is 5.82 Å². The van der Waals surface area contributed by atoms with Crippen LogP contribution in [0.25, 0.3) is 0 Å². The lowest BCUT2D eigenvalue weighted by Gasteiger charge is -2.25. The summed E-state index contributed by atoms with van der Waals surface area (Å²) in [6.45, 7) is 2.20. The minimum atomic E-state index is 0.195. The molecule has 2 aliphatic carbocycles. The van der Waals surface area contributed by atoms with E-state index < -0.39 is 0 Å². The maximum absolute atomic E-state index is 6.12. The van der Waals surface area contributed by atoms with Gasteiger partial charge in [0.1, 0.15) is 0 Å². The molecular formula is C12H19N3O. The number of nitrogens with two attached hydrogens (primary N) is 1. The van der Waals surface area contributed by atoms with Crippen LogP contribution in [-0.2, 0) is 5.41 Å². The average Bonchev–Trinajstić information content (AvgIpc) is 2.84. The van der Waals surface area contributed by atoms with Crippen molar-refractivity contribution in [2.75, 3.05) is 0 Å². The van der Waals surface area contributed by atoms with Gasteiger partial charge in [-0.05, 0) is 25.7 Å². The fraction of sp³-hybridized carbons (Fsp3) is 0.833. The normalized spacial score (nSPS) is 32.6. The van der Waals surface area contributed by atoms with Gasteiger partial charge in [0.25, 0.3) is 0 Å². The van der Waals surface area contributed by atoms with E-state index in [9.17, 15) is 0 Å². The van der Waals surface area contributed by atoms with Crippen molar-refractivity contribution in [2.45, 2.75) is 62.8 Å². The van der Waals surface area contributed by atoms with Crippen LogP contribution >= 0.6 is 0 Å². The number of rotatable bonds is 2. The summed E-state index contributed by atoms with van der Waals surface area (Å²) in [5, 5.41) is 4.12. The molecule has 3 rings (SSSR count). The van der Waals surface area contributed by atoms with E-state index in [1.807, 2.05) is 0 Å². The zero-order valence-electron chi connectivity index (χ0n) is 9.78. The minimum Gasteiger partial charge on any atom is -0.339 e. The molecule has 0 radical (unpaired) electrons. The van der Waals surface area contributed by atoms with Crippen LogP contribution in [0.1, 0.15) is 63.1 Å². The van der Waals surface area contributed by atoms with Gasteiger partial charge in [-0.25, -0.2) is 0 Å². The smallest absolute Gasteiger partial charge is 0.231 e. The number of nitrogens with zero attached hydrogens (tertiary/aromatic N) is 2. The summed E-state index contributed by atoms with van der Waals surface area (Å²) in [6.07, 6.45) is 7.01. The molecule has 2 fully saturated rings. The lowest BCUT2D eigenvalue weighted by molar-refractivity contribution is 0.288. The highest BCUT2D eigenvalue weighted by Gasteiger charge is 2.44. The predicted octanol–water partition coefficient (Wildman–Crippen LogP) is 2.11. The zero-order valence-corrected chi connectivity index (χ0v) is 9.78. The molecule has 2 N–H and O–H groups in total. The molecule has 2 saturated carbocycles. The molecule has 4 heteroatoms.